The van der Waals surface area contributed by atoms with Crippen LogP contribution in [-0.4, -0.2) is 30.1 Å². The van der Waals surface area contributed by atoms with Crippen molar-refractivity contribution >= 4 is 0 Å². The average molecular weight is 178 g/mol. The van der Waals surface area contributed by atoms with Gasteiger partial charge in [-0.1, -0.05) is 18.3 Å². The number of hydrogen-bond acceptors (Lipinski definition) is 2. The summed E-state index contributed by atoms with van der Waals surface area (Å²) in [7, 11) is 0. The Labute approximate surface area is 80.5 Å². The molecule has 0 bridgehead atoms. The first-order chi connectivity index (χ1) is 6.29. The fraction of sp³-hybridized carbons (Fsp3) is 0.818. The molecule has 1 saturated heterocycles. The number of piperidine rings is 1. The normalized spacial score (nSPS) is 26.2. The quantitative estimate of drug-likeness (QED) is 0.606. The molecule has 2 aliphatic rings. The lowest BCUT2D eigenvalue weighted by atomic mass is 10.1. The van der Waals surface area contributed by atoms with E-state index in [2.05, 4.69) is 16.7 Å². The van der Waals surface area contributed by atoms with Crippen molar-refractivity contribution in [3.8, 4) is 11.8 Å². The van der Waals surface area contributed by atoms with E-state index >= 15 is 0 Å². The Morgan fingerprint density at radius 2 is 1.85 bits per heavy atom. The zero-order chi connectivity index (χ0) is 9.15. The van der Waals surface area contributed by atoms with Crippen molar-refractivity contribution in [1.82, 2.24) is 4.90 Å². The second-order valence-corrected chi connectivity index (χ2v) is 4.29. The van der Waals surface area contributed by atoms with Gasteiger partial charge in [-0.2, -0.15) is 0 Å². The molecule has 0 aromatic heterocycles. The highest BCUT2D eigenvalue weighted by Gasteiger charge is 2.36. The van der Waals surface area contributed by atoms with Gasteiger partial charge in [0.15, 0.2) is 0 Å². The van der Waals surface area contributed by atoms with E-state index in [0.29, 0.717) is 0 Å². The third-order valence-corrected chi connectivity index (χ3v) is 2.88. The molecule has 2 nitrogen and oxygen atoms in total. The molecule has 0 unspecified atom stereocenters. The standard InChI is InChI=1S/C11H18N2/c12-11(6-7-11)5-4-10-13-8-2-1-3-9-13/h1-3,6-10,12H2. The van der Waals surface area contributed by atoms with Crippen molar-refractivity contribution in [2.45, 2.75) is 37.6 Å². The van der Waals surface area contributed by atoms with Crippen molar-refractivity contribution in [3.63, 3.8) is 0 Å². The maximum Gasteiger partial charge on any atom is 0.0778 e. The first kappa shape index (κ1) is 9.05. The van der Waals surface area contributed by atoms with Crippen LogP contribution in [0, 0.1) is 11.8 Å². The minimum Gasteiger partial charge on any atom is -0.315 e. The third-order valence-electron chi connectivity index (χ3n) is 2.88. The van der Waals surface area contributed by atoms with Gasteiger partial charge in [0.1, 0.15) is 0 Å². The van der Waals surface area contributed by atoms with Crippen LogP contribution in [0.3, 0.4) is 0 Å². The molecule has 2 heteroatoms. The Balaban J connectivity index is 1.73. The lowest BCUT2D eigenvalue weighted by Crippen LogP contribution is -2.30. The molecule has 1 heterocycles. The summed E-state index contributed by atoms with van der Waals surface area (Å²) >= 11 is 0. The van der Waals surface area contributed by atoms with E-state index in [1.54, 1.807) is 0 Å². The van der Waals surface area contributed by atoms with Gasteiger partial charge in [-0.25, -0.2) is 0 Å². The van der Waals surface area contributed by atoms with Crippen LogP contribution in [-0.2, 0) is 0 Å². The molecule has 0 spiro atoms. The van der Waals surface area contributed by atoms with E-state index in [1.165, 1.54) is 32.4 Å². The van der Waals surface area contributed by atoms with Crippen LogP contribution in [0.15, 0.2) is 0 Å². The van der Waals surface area contributed by atoms with E-state index in [4.69, 9.17) is 5.73 Å². The number of likely N-dealkylation sites (tertiary alicyclic amines) is 1. The van der Waals surface area contributed by atoms with Gasteiger partial charge in [-0.05, 0) is 38.8 Å². The molecule has 0 aromatic rings. The summed E-state index contributed by atoms with van der Waals surface area (Å²) in [5, 5.41) is 0. The van der Waals surface area contributed by atoms with E-state index in [1.807, 2.05) is 0 Å². The second-order valence-electron chi connectivity index (χ2n) is 4.29. The maximum absolute atomic E-state index is 5.87. The largest absolute Gasteiger partial charge is 0.315 e. The van der Waals surface area contributed by atoms with Crippen LogP contribution in [0.4, 0.5) is 0 Å². The highest BCUT2D eigenvalue weighted by molar-refractivity contribution is 5.25. The number of nitrogens with zero attached hydrogens (tertiary/aromatic N) is 1. The molecule has 72 valence electrons. The Hall–Kier alpha value is -0.520. The van der Waals surface area contributed by atoms with E-state index in [-0.39, 0.29) is 5.54 Å². The van der Waals surface area contributed by atoms with Gasteiger partial charge in [0.2, 0.25) is 0 Å². The smallest absolute Gasteiger partial charge is 0.0778 e. The van der Waals surface area contributed by atoms with Crippen LogP contribution in [0.25, 0.3) is 0 Å². The molecule has 0 atom stereocenters. The maximum atomic E-state index is 5.87. The van der Waals surface area contributed by atoms with Crippen LogP contribution < -0.4 is 5.73 Å². The van der Waals surface area contributed by atoms with E-state index in [9.17, 15) is 0 Å². The third kappa shape index (κ3) is 2.72. The Kier molecular flexibility index (Phi) is 2.57. The molecule has 1 aliphatic heterocycles. The molecular weight excluding hydrogens is 160 g/mol. The predicted molar refractivity (Wildman–Crippen MR) is 54.2 cm³/mol. The number of nitrogens with two attached hydrogens (primary N) is 1. The number of hydrogen-bond donors (Lipinski definition) is 1. The highest BCUT2D eigenvalue weighted by atomic mass is 15.1. The van der Waals surface area contributed by atoms with Gasteiger partial charge in [-0.15, -0.1) is 0 Å². The van der Waals surface area contributed by atoms with Crippen LogP contribution in [0.1, 0.15) is 32.1 Å². The zero-order valence-corrected chi connectivity index (χ0v) is 8.18. The monoisotopic (exact) mass is 178 g/mol. The summed E-state index contributed by atoms with van der Waals surface area (Å²) in [4.78, 5) is 2.43. The summed E-state index contributed by atoms with van der Waals surface area (Å²) in [5.74, 6) is 6.37. The first-order valence-electron chi connectivity index (χ1n) is 5.30. The summed E-state index contributed by atoms with van der Waals surface area (Å²) in [5.41, 5.74) is 5.78. The Morgan fingerprint density at radius 3 is 2.46 bits per heavy atom. The van der Waals surface area contributed by atoms with Gasteiger partial charge in [0.05, 0.1) is 12.1 Å². The zero-order valence-electron chi connectivity index (χ0n) is 8.18. The topological polar surface area (TPSA) is 29.3 Å². The molecule has 2 fully saturated rings. The van der Waals surface area contributed by atoms with Gasteiger partial charge in [0.25, 0.3) is 0 Å². The molecule has 2 N–H and O–H groups in total. The summed E-state index contributed by atoms with van der Waals surface area (Å²) in [6, 6.07) is 0. The molecule has 1 aliphatic carbocycles. The van der Waals surface area contributed by atoms with Gasteiger partial charge < -0.3 is 5.73 Å². The van der Waals surface area contributed by atoms with Crippen molar-refractivity contribution in [2.75, 3.05) is 19.6 Å². The van der Waals surface area contributed by atoms with E-state index < -0.39 is 0 Å². The molecule has 1 saturated carbocycles. The molecule has 0 aromatic carbocycles. The second kappa shape index (κ2) is 3.69. The molecule has 0 radical (unpaired) electrons. The van der Waals surface area contributed by atoms with Crippen molar-refractivity contribution in [2.24, 2.45) is 5.73 Å². The van der Waals surface area contributed by atoms with Crippen LogP contribution in [0.2, 0.25) is 0 Å². The van der Waals surface area contributed by atoms with Gasteiger partial charge in [-0.3, -0.25) is 4.90 Å². The van der Waals surface area contributed by atoms with Crippen LogP contribution >= 0.6 is 0 Å². The highest BCUT2D eigenvalue weighted by Crippen LogP contribution is 2.30. The molecule has 13 heavy (non-hydrogen) atoms. The lowest BCUT2D eigenvalue weighted by Gasteiger charge is -2.23. The van der Waals surface area contributed by atoms with Crippen LogP contribution in [0.5, 0.6) is 0 Å². The Morgan fingerprint density at radius 1 is 1.15 bits per heavy atom. The summed E-state index contributed by atoms with van der Waals surface area (Å²) < 4.78 is 0. The molecule has 0 amide bonds. The minimum atomic E-state index is -0.0875. The molecular formula is C11H18N2. The fourth-order valence-electron chi connectivity index (χ4n) is 1.70. The molecule has 2 rings (SSSR count). The SMILES string of the molecule is NC1(C#CCN2CCCCC2)CC1. The predicted octanol–water partition coefficient (Wildman–Crippen LogP) is 0.967. The fourth-order valence-corrected chi connectivity index (χ4v) is 1.70. The first-order valence-corrected chi connectivity index (χ1v) is 5.30. The summed E-state index contributed by atoms with van der Waals surface area (Å²) in [6.07, 6.45) is 6.27. The number of rotatable bonds is 1. The van der Waals surface area contributed by atoms with E-state index in [0.717, 1.165) is 19.4 Å². The minimum absolute atomic E-state index is 0.0875. The Bertz CT molecular complexity index is 226. The van der Waals surface area contributed by atoms with Gasteiger partial charge in [0, 0.05) is 0 Å². The average Bonchev–Trinajstić information content (AvgIpc) is 2.86. The van der Waals surface area contributed by atoms with Gasteiger partial charge >= 0.3 is 0 Å². The lowest BCUT2D eigenvalue weighted by molar-refractivity contribution is 0.255. The van der Waals surface area contributed by atoms with Crippen molar-refractivity contribution < 1.29 is 0 Å². The van der Waals surface area contributed by atoms with Crippen molar-refractivity contribution in [3.05, 3.63) is 0 Å². The van der Waals surface area contributed by atoms with Crippen molar-refractivity contribution in [1.29, 1.82) is 0 Å². The summed E-state index contributed by atoms with van der Waals surface area (Å²) in [6.45, 7) is 3.39.